The number of aliphatic hydroxyl groups is 1. The van der Waals surface area contributed by atoms with E-state index in [1.807, 2.05) is 6.07 Å². The molecule has 1 spiro atoms. The Hall–Kier alpha value is -1.96. The fourth-order valence-electron chi connectivity index (χ4n) is 4.60. The molecule has 7 nitrogen and oxygen atoms in total. The minimum atomic E-state index is -1.78. The molecule has 4 atom stereocenters. The second kappa shape index (κ2) is 7.46. The lowest BCUT2D eigenvalue weighted by molar-refractivity contribution is -0.198. The van der Waals surface area contributed by atoms with Crippen LogP contribution in [0.2, 0.25) is 0 Å². The number of methoxy groups -OCH3 is 1. The molecule has 0 radical (unpaired) electrons. The van der Waals surface area contributed by atoms with Gasteiger partial charge in [-0.3, -0.25) is 0 Å². The SMILES string of the molecule is COC(=O)[C@]1(O)C[C@H](OC(=O)c2ccccc2)[C@H]2OC3(CCCCC3)O[C@@H]2C1. The molecule has 1 saturated heterocycles. The van der Waals surface area contributed by atoms with Crippen molar-refractivity contribution in [3.63, 3.8) is 0 Å². The number of carbonyl (C=O) groups excluding carboxylic acids is 2. The van der Waals surface area contributed by atoms with Crippen molar-refractivity contribution in [1.29, 1.82) is 0 Å². The van der Waals surface area contributed by atoms with Crippen molar-refractivity contribution < 1.29 is 33.6 Å². The van der Waals surface area contributed by atoms with Crippen molar-refractivity contribution in [2.24, 2.45) is 0 Å². The van der Waals surface area contributed by atoms with Gasteiger partial charge < -0.3 is 24.1 Å². The van der Waals surface area contributed by atoms with Gasteiger partial charge in [-0.25, -0.2) is 9.59 Å². The van der Waals surface area contributed by atoms with Crippen molar-refractivity contribution in [3.05, 3.63) is 35.9 Å². The van der Waals surface area contributed by atoms with E-state index in [1.54, 1.807) is 24.3 Å². The number of hydrogen-bond donors (Lipinski definition) is 1. The largest absolute Gasteiger partial charge is 0.467 e. The molecular weight excluding hydrogens is 364 g/mol. The lowest BCUT2D eigenvalue weighted by Gasteiger charge is -2.39. The number of rotatable bonds is 3. The second-order valence-electron chi connectivity index (χ2n) is 7.95. The maximum Gasteiger partial charge on any atom is 0.338 e. The van der Waals surface area contributed by atoms with E-state index >= 15 is 0 Å². The molecular formula is C21H26O7. The van der Waals surface area contributed by atoms with Gasteiger partial charge in [0, 0.05) is 25.7 Å². The van der Waals surface area contributed by atoms with Crippen LogP contribution in [0.25, 0.3) is 0 Å². The van der Waals surface area contributed by atoms with Crippen LogP contribution in [-0.2, 0) is 23.7 Å². The first kappa shape index (κ1) is 19.4. The third-order valence-electron chi connectivity index (χ3n) is 5.98. The van der Waals surface area contributed by atoms with E-state index in [4.69, 9.17) is 18.9 Å². The van der Waals surface area contributed by atoms with Crippen LogP contribution in [0.4, 0.5) is 0 Å². The number of hydrogen-bond acceptors (Lipinski definition) is 7. The van der Waals surface area contributed by atoms with Gasteiger partial charge in [0.1, 0.15) is 12.2 Å². The van der Waals surface area contributed by atoms with Gasteiger partial charge in [0.15, 0.2) is 11.4 Å². The van der Waals surface area contributed by atoms with E-state index < -0.39 is 41.6 Å². The van der Waals surface area contributed by atoms with E-state index in [1.165, 1.54) is 7.11 Å². The molecule has 7 heteroatoms. The zero-order chi connectivity index (χ0) is 19.8. The van der Waals surface area contributed by atoms with E-state index in [0.29, 0.717) is 5.56 Å². The smallest absolute Gasteiger partial charge is 0.338 e. The molecule has 1 aliphatic heterocycles. The second-order valence-corrected chi connectivity index (χ2v) is 7.95. The molecule has 1 aromatic rings. The highest BCUT2D eigenvalue weighted by Gasteiger charge is 2.60. The highest BCUT2D eigenvalue weighted by Crippen LogP contribution is 2.47. The Kier molecular flexibility index (Phi) is 5.16. The summed E-state index contributed by atoms with van der Waals surface area (Å²) in [6.45, 7) is 0. The highest BCUT2D eigenvalue weighted by atomic mass is 16.8. The van der Waals surface area contributed by atoms with Gasteiger partial charge in [-0.2, -0.15) is 0 Å². The molecule has 152 valence electrons. The van der Waals surface area contributed by atoms with Gasteiger partial charge in [-0.1, -0.05) is 24.6 Å². The molecule has 4 rings (SSSR count). The van der Waals surface area contributed by atoms with Crippen LogP contribution in [-0.4, -0.2) is 53.9 Å². The van der Waals surface area contributed by atoms with Crippen molar-refractivity contribution in [3.8, 4) is 0 Å². The molecule has 1 heterocycles. The van der Waals surface area contributed by atoms with Gasteiger partial charge in [0.25, 0.3) is 0 Å². The zero-order valence-corrected chi connectivity index (χ0v) is 16.0. The first-order valence-electron chi connectivity index (χ1n) is 9.87. The van der Waals surface area contributed by atoms with Crippen LogP contribution in [0.5, 0.6) is 0 Å². The molecule has 0 unspecified atom stereocenters. The van der Waals surface area contributed by atoms with Crippen LogP contribution >= 0.6 is 0 Å². The Bertz CT molecular complexity index is 728. The fraction of sp³-hybridized carbons (Fsp3) is 0.619. The minimum absolute atomic E-state index is 0.0610. The zero-order valence-electron chi connectivity index (χ0n) is 16.0. The number of benzene rings is 1. The topological polar surface area (TPSA) is 91.3 Å². The summed E-state index contributed by atoms with van der Waals surface area (Å²) in [5.74, 6) is -1.99. The van der Waals surface area contributed by atoms with Crippen molar-refractivity contribution in [1.82, 2.24) is 0 Å². The summed E-state index contributed by atoms with van der Waals surface area (Å²) in [7, 11) is 1.23. The normalized spacial score (nSPS) is 33.9. The third kappa shape index (κ3) is 3.54. The molecule has 2 aliphatic carbocycles. The first-order valence-corrected chi connectivity index (χ1v) is 9.87. The maximum absolute atomic E-state index is 12.6. The van der Waals surface area contributed by atoms with Crippen molar-refractivity contribution in [2.45, 2.75) is 74.6 Å². The molecule has 0 aromatic heterocycles. The molecule has 3 fully saturated rings. The van der Waals surface area contributed by atoms with Gasteiger partial charge in [0.2, 0.25) is 0 Å². The van der Waals surface area contributed by atoms with Crippen LogP contribution < -0.4 is 0 Å². The quantitative estimate of drug-likeness (QED) is 0.792. The van der Waals surface area contributed by atoms with Crippen LogP contribution in [0.3, 0.4) is 0 Å². The van der Waals surface area contributed by atoms with Gasteiger partial charge in [0.05, 0.1) is 18.8 Å². The van der Waals surface area contributed by atoms with Crippen molar-refractivity contribution in [2.75, 3.05) is 7.11 Å². The average Bonchev–Trinajstić information content (AvgIpc) is 3.05. The molecule has 0 bridgehead atoms. The first-order chi connectivity index (χ1) is 13.4. The predicted octanol–water partition coefficient (Wildman–Crippen LogP) is 2.35. The summed E-state index contributed by atoms with van der Waals surface area (Å²) in [4.78, 5) is 24.8. The Balaban J connectivity index is 1.58. The molecule has 28 heavy (non-hydrogen) atoms. The number of fused-ring (bicyclic) bond motifs is 1. The summed E-state index contributed by atoms with van der Waals surface area (Å²) in [6.07, 6.45) is 2.75. The minimum Gasteiger partial charge on any atom is -0.467 e. The molecule has 3 aliphatic rings. The van der Waals surface area contributed by atoms with Crippen molar-refractivity contribution >= 4 is 11.9 Å². The summed E-state index contributed by atoms with van der Waals surface area (Å²) in [5.41, 5.74) is -1.38. The monoisotopic (exact) mass is 390 g/mol. The molecule has 1 aromatic carbocycles. The van der Waals surface area contributed by atoms with Gasteiger partial charge in [-0.15, -0.1) is 0 Å². The Morgan fingerprint density at radius 2 is 1.79 bits per heavy atom. The Morgan fingerprint density at radius 3 is 2.46 bits per heavy atom. The van der Waals surface area contributed by atoms with E-state index in [0.717, 1.165) is 32.1 Å². The average molecular weight is 390 g/mol. The molecule has 0 amide bonds. The van der Waals surface area contributed by atoms with E-state index in [-0.39, 0.29) is 12.8 Å². The summed E-state index contributed by atoms with van der Waals surface area (Å²) >= 11 is 0. The fourth-order valence-corrected chi connectivity index (χ4v) is 4.60. The highest BCUT2D eigenvalue weighted by molar-refractivity contribution is 5.89. The van der Waals surface area contributed by atoms with Gasteiger partial charge in [-0.05, 0) is 25.0 Å². The summed E-state index contributed by atoms with van der Waals surface area (Å²) < 4.78 is 23.0. The van der Waals surface area contributed by atoms with Crippen LogP contribution in [0.15, 0.2) is 30.3 Å². The maximum atomic E-state index is 12.6. The summed E-state index contributed by atoms with van der Waals surface area (Å²) in [5, 5.41) is 10.9. The van der Waals surface area contributed by atoms with E-state index in [2.05, 4.69) is 0 Å². The van der Waals surface area contributed by atoms with Crippen LogP contribution in [0.1, 0.15) is 55.3 Å². The standard InChI is InChI=1S/C21H26O7/c1-25-19(23)20(24)12-15(26-18(22)14-8-4-2-5-9-14)17-16(13-20)27-21(28-17)10-6-3-7-11-21/h2,4-5,8-9,15-17,24H,3,6-7,10-13H2,1H3/t15-,16+,17+,20-/m0/s1. The Labute approximate surface area is 163 Å². The Morgan fingerprint density at radius 1 is 1.07 bits per heavy atom. The third-order valence-corrected chi connectivity index (χ3v) is 5.98. The summed E-state index contributed by atoms with van der Waals surface area (Å²) in [6, 6.07) is 8.62. The predicted molar refractivity (Wildman–Crippen MR) is 97.4 cm³/mol. The number of carbonyl (C=O) groups is 2. The molecule has 1 N–H and O–H groups in total. The van der Waals surface area contributed by atoms with Crippen LogP contribution in [0, 0.1) is 0 Å². The number of esters is 2. The number of ether oxygens (including phenoxy) is 4. The lowest BCUT2D eigenvalue weighted by atomic mass is 9.79. The molecule has 2 saturated carbocycles. The van der Waals surface area contributed by atoms with Gasteiger partial charge >= 0.3 is 11.9 Å². The lowest BCUT2D eigenvalue weighted by Crippen LogP contribution is -2.56. The van der Waals surface area contributed by atoms with E-state index in [9.17, 15) is 14.7 Å².